The van der Waals surface area contributed by atoms with Crippen molar-refractivity contribution in [3.8, 4) is 0 Å². The molecule has 4 heteroatoms. The van der Waals surface area contributed by atoms with E-state index in [0.29, 0.717) is 18.0 Å². The smallest absolute Gasteiger partial charge is 0.123 e. The van der Waals surface area contributed by atoms with E-state index in [9.17, 15) is 9.50 Å². The van der Waals surface area contributed by atoms with Crippen molar-refractivity contribution in [3.05, 3.63) is 53.1 Å². The molecule has 0 aliphatic carbocycles. The normalized spacial score (nSPS) is 12.9. The predicted octanol–water partition coefficient (Wildman–Crippen LogP) is 3.19. The zero-order chi connectivity index (χ0) is 14.0. The molecule has 1 aromatic carbocycles. The lowest BCUT2D eigenvalue weighted by molar-refractivity contribution is 0.175. The molecule has 0 bridgehead atoms. The average molecular weight is 262 g/mol. The third-order valence-electron chi connectivity index (χ3n) is 3.20. The quantitative estimate of drug-likeness (QED) is 0.919. The van der Waals surface area contributed by atoms with E-state index in [-0.39, 0.29) is 5.82 Å². The number of halogens is 1. The number of aliphatic hydroxyl groups is 1. The second-order valence-corrected chi connectivity index (χ2v) is 5.10. The molecule has 0 fully saturated rings. The van der Waals surface area contributed by atoms with Crippen LogP contribution in [0.25, 0.3) is 0 Å². The van der Waals surface area contributed by atoms with E-state index >= 15 is 0 Å². The highest BCUT2D eigenvalue weighted by Gasteiger charge is 2.14. The molecule has 2 rings (SSSR count). The van der Waals surface area contributed by atoms with Gasteiger partial charge in [0, 0.05) is 18.7 Å². The van der Waals surface area contributed by atoms with Crippen molar-refractivity contribution in [1.29, 1.82) is 0 Å². The van der Waals surface area contributed by atoms with E-state index in [4.69, 9.17) is 0 Å². The zero-order valence-electron chi connectivity index (χ0n) is 11.5. The molecule has 0 aliphatic heterocycles. The van der Waals surface area contributed by atoms with Crippen molar-refractivity contribution in [3.63, 3.8) is 0 Å². The maximum Gasteiger partial charge on any atom is 0.123 e. The first-order valence-corrected chi connectivity index (χ1v) is 6.45. The van der Waals surface area contributed by atoms with Gasteiger partial charge in [0.2, 0.25) is 0 Å². The first kappa shape index (κ1) is 13.7. The van der Waals surface area contributed by atoms with Crippen LogP contribution in [0.3, 0.4) is 0 Å². The number of hydrogen-bond donors (Lipinski definition) is 1. The van der Waals surface area contributed by atoms with Crippen molar-refractivity contribution in [1.82, 2.24) is 9.78 Å². The summed E-state index contributed by atoms with van der Waals surface area (Å²) in [6.45, 7) is 5.96. The molecule has 0 amide bonds. The van der Waals surface area contributed by atoms with Crippen molar-refractivity contribution in [2.75, 3.05) is 0 Å². The van der Waals surface area contributed by atoms with Crippen LogP contribution >= 0.6 is 0 Å². The lowest BCUT2D eigenvalue weighted by Crippen LogP contribution is -2.07. The average Bonchev–Trinajstić information content (AvgIpc) is 2.80. The van der Waals surface area contributed by atoms with Gasteiger partial charge in [0.25, 0.3) is 0 Å². The Morgan fingerprint density at radius 3 is 2.68 bits per heavy atom. The van der Waals surface area contributed by atoms with Crippen LogP contribution in [0.15, 0.2) is 30.5 Å². The molecular formula is C15H19FN2O. The van der Waals surface area contributed by atoms with E-state index in [1.807, 2.05) is 37.7 Å². The molecule has 0 spiro atoms. The number of aliphatic hydroxyl groups excluding tert-OH is 1. The highest BCUT2D eigenvalue weighted by molar-refractivity contribution is 5.29. The lowest BCUT2D eigenvalue weighted by Gasteiger charge is -2.12. The summed E-state index contributed by atoms with van der Waals surface area (Å²) in [7, 11) is 0. The summed E-state index contributed by atoms with van der Waals surface area (Å²) < 4.78 is 15.1. The van der Waals surface area contributed by atoms with Crippen LogP contribution in [0.4, 0.5) is 4.39 Å². The second-order valence-electron chi connectivity index (χ2n) is 5.10. The molecule has 2 aromatic rings. The van der Waals surface area contributed by atoms with Gasteiger partial charge in [-0.25, -0.2) is 4.39 Å². The summed E-state index contributed by atoms with van der Waals surface area (Å²) in [5.41, 5.74) is 2.32. The van der Waals surface area contributed by atoms with Crippen LogP contribution in [-0.2, 0) is 6.42 Å². The van der Waals surface area contributed by atoms with Gasteiger partial charge in [-0.3, -0.25) is 4.68 Å². The Bertz CT molecular complexity index is 563. The predicted molar refractivity (Wildman–Crippen MR) is 72.4 cm³/mol. The summed E-state index contributed by atoms with van der Waals surface area (Å²) in [4.78, 5) is 0. The largest absolute Gasteiger partial charge is 0.388 e. The lowest BCUT2D eigenvalue weighted by atomic mass is 10.00. The minimum absolute atomic E-state index is 0.293. The molecule has 1 atom stereocenters. The first-order chi connectivity index (χ1) is 8.97. The fraction of sp³-hybridized carbons (Fsp3) is 0.400. The SMILES string of the molecule is Cc1ccc(F)cc1C(O)Cc1ccn(C(C)C)n1. The molecule has 0 saturated heterocycles. The van der Waals surface area contributed by atoms with E-state index in [2.05, 4.69) is 5.10 Å². The van der Waals surface area contributed by atoms with Gasteiger partial charge < -0.3 is 5.11 Å². The van der Waals surface area contributed by atoms with Gasteiger partial charge in [0.05, 0.1) is 11.8 Å². The molecular weight excluding hydrogens is 243 g/mol. The van der Waals surface area contributed by atoms with Crippen molar-refractivity contribution >= 4 is 0 Å². The summed E-state index contributed by atoms with van der Waals surface area (Å²) in [6, 6.07) is 6.65. The molecule has 1 unspecified atom stereocenters. The summed E-state index contributed by atoms with van der Waals surface area (Å²) in [5, 5.41) is 14.6. The highest BCUT2D eigenvalue weighted by atomic mass is 19.1. The maximum absolute atomic E-state index is 13.2. The van der Waals surface area contributed by atoms with Crippen LogP contribution in [0.2, 0.25) is 0 Å². The van der Waals surface area contributed by atoms with Crippen molar-refractivity contribution in [2.24, 2.45) is 0 Å². The van der Waals surface area contributed by atoms with Crippen molar-refractivity contribution < 1.29 is 9.50 Å². The molecule has 0 saturated carbocycles. The summed E-state index contributed by atoms with van der Waals surface area (Å²) >= 11 is 0. The minimum Gasteiger partial charge on any atom is -0.388 e. The Balaban J connectivity index is 2.15. The highest BCUT2D eigenvalue weighted by Crippen LogP contribution is 2.22. The van der Waals surface area contributed by atoms with Gasteiger partial charge in [0.15, 0.2) is 0 Å². The van der Waals surface area contributed by atoms with Crippen LogP contribution in [0.1, 0.15) is 42.8 Å². The Kier molecular flexibility index (Phi) is 4.00. The fourth-order valence-corrected chi connectivity index (χ4v) is 2.05. The van der Waals surface area contributed by atoms with Crippen molar-refractivity contribution in [2.45, 2.75) is 39.3 Å². The molecule has 3 nitrogen and oxygen atoms in total. The standard InChI is InChI=1S/C15H19FN2O/c1-10(2)18-7-6-13(17-18)9-15(19)14-8-12(16)5-4-11(14)3/h4-8,10,15,19H,9H2,1-3H3. The van der Waals surface area contributed by atoms with Gasteiger partial charge in [0.1, 0.15) is 5.82 Å². The Labute approximate surface area is 112 Å². The number of aromatic nitrogens is 2. The fourth-order valence-electron chi connectivity index (χ4n) is 2.05. The Morgan fingerprint density at radius 2 is 2.05 bits per heavy atom. The number of rotatable bonds is 4. The van der Waals surface area contributed by atoms with Gasteiger partial charge in [-0.05, 0) is 50.1 Å². The maximum atomic E-state index is 13.2. The number of nitrogens with zero attached hydrogens (tertiary/aromatic N) is 2. The number of benzene rings is 1. The molecule has 19 heavy (non-hydrogen) atoms. The molecule has 0 aliphatic rings. The zero-order valence-corrected chi connectivity index (χ0v) is 11.5. The van der Waals surface area contributed by atoms with Gasteiger partial charge in [-0.2, -0.15) is 5.10 Å². The van der Waals surface area contributed by atoms with Crippen LogP contribution in [0.5, 0.6) is 0 Å². The topological polar surface area (TPSA) is 38.0 Å². The number of hydrogen-bond acceptors (Lipinski definition) is 2. The third kappa shape index (κ3) is 3.20. The Hall–Kier alpha value is -1.68. The minimum atomic E-state index is -0.730. The molecule has 1 aromatic heterocycles. The second kappa shape index (κ2) is 5.53. The molecule has 0 radical (unpaired) electrons. The van der Waals surface area contributed by atoms with Crippen LogP contribution in [0, 0.1) is 12.7 Å². The Morgan fingerprint density at radius 1 is 1.32 bits per heavy atom. The van der Waals surface area contributed by atoms with E-state index in [0.717, 1.165) is 11.3 Å². The molecule has 1 N–H and O–H groups in total. The van der Waals surface area contributed by atoms with Crippen LogP contribution < -0.4 is 0 Å². The first-order valence-electron chi connectivity index (χ1n) is 6.45. The number of aryl methyl sites for hydroxylation is 1. The summed E-state index contributed by atoms with van der Waals surface area (Å²) in [6.07, 6.45) is 1.56. The summed E-state index contributed by atoms with van der Waals surface area (Å²) in [5.74, 6) is -0.327. The molecule has 1 heterocycles. The molecule has 102 valence electrons. The van der Waals surface area contributed by atoms with Gasteiger partial charge in [-0.15, -0.1) is 0 Å². The van der Waals surface area contributed by atoms with E-state index in [1.165, 1.54) is 12.1 Å². The third-order valence-corrected chi connectivity index (χ3v) is 3.20. The van der Waals surface area contributed by atoms with Crippen LogP contribution in [-0.4, -0.2) is 14.9 Å². The van der Waals surface area contributed by atoms with Gasteiger partial charge in [-0.1, -0.05) is 6.07 Å². The van der Waals surface area contributed by atoms with E-state index in [1.54, 1.807) is 6.07 Å². The van der Waals surface area contributed by atoms with Gasteiger partial charge >= 0.3 is 0 Å². The monoisotopic (exact) mass is 262 g/mol. The van der Waals surface area contributed by atoms with E-state index < -0.39 is 6.10 Å².